The van der Waals surface area contributed by atoms with Gasteiger partial charge < -0.3 is 0 Å². The Balaban J connectivity index is 4.97. The van der Waals surface area contributed by atoms with Crippen LogP contribution in [-0.2, 0) is 19.6 Å². The van der Waals surface area contributed by atoms with E-state index in [1.54, 1.807) is 0 Å². The highest BCUT2D eigenvalue weighted by atomic mass is 17.2. The van der Waals surface area contributed by atoms with E-state index in [1.807, 2.05) is 41.5 Å². The van der Waals surface area contributed by atoms with Crippen molar-refractivity contribution in [2.45, 2.75) is 125 Å². The first-order valence-corrected chi connectivity index (χ1v) is 9.69. The second-order valence-corrected chi connectivity index (χ2v) is 10.7. The molecule has 0 heterocycles. The molecule has 4 nitrogen and oxygen atoms in total. The minimum absolute atomic E-state index is 0.322. The van der Waals surface area contributed by atoms with Gasteiger partial charge in [-0.15, -0.1) is 0 Å². The summed E-state index contributed by atoms with van der Waals surface area (Å²) in [7, 11) is 0. The standard InChI is InChI=1S/C21H44O4/c1-16(2)15-17(3)21(12,25-23-19(7,8)9)14-13-20(10,11)24-22-18(4,5)6/h16-17H,13-15H2,1-12H3. The normalized spacial score (nSPS) is 17.6. The molecule has 0 saturated carbocycles. The highest BCUT2D eigenvalue weighted by Gasteiger charge is 2.38. The summed E-state index contributed by atoms with van der Waals surface area (Å²) >= 11 is 0. The van der Waals surface area contributed by atoms with Gasteiger partial charge in [-0.25, -0.2) is 19.6 Å². The summed E-state index contributed by atoms with van der Waals surface area (Å²) in [6.45, 7) is 24.9. The summed E-state index contributed by atoms with van der Waals surface area (Å²) in [6.07, 6.45) is 2.73. The van der Waals surface area contributed by atoms with Gasteiger partial charge in [-0.2, -0.15) is 0 Å². The van der Waals surface area contributed by atoms with Crippen LogP contribution in [0.25, 0.3) is 0 Å². The molecule has 0 fully saturated rings. The molecule has 0 bridgehead atoms. The lowest BCUT2D eigenvalue weighted by atomic mass is 9.79. The molecule has 0 aromatic rings. The predicted molar refractivity (Wildman–Crippen MR) is 104 cm³/mol. The molecule has 0 amide bonds. The van der Waals surface area contributed by atoms with Crippen LogP contribution in [0.2, 0.25) is 0 Å². The maximum absolute atomic E-state index is 6.00. The van der Waals surface area contributed by atoms with Crippen LogP contribution in [0.5, 0.6) is 0 Å². The number of hydrogen-bond acceptors (Lipinski definition) is 4. The monoisotopic (exact) mass is 360 g/mol. The van der Waals surface area contributed by atoms with Gasteiger partial charge >= 0.3 is 0 Å². The van der Waals surface area contributed by atoms with Crippen LogP contribution < -0.4 is 0 Å². The molecule has 2 unspecified atom stereocenters. The highest BCUT2D eigenvalue weighted by Crippen LogP contribution is 2.36. The third kappa shape index (κ3) is 12.0. The molecule has 0 aliphatic heterocycles. The molecule has 25 heavy (non-hydrogen) atoms. The van der Waals surface area contributed by atoms with Crippen molar-refractivity contribution in [3.05, 3.63) is 0 Å². The van der Waals surface area contributed by atoms with Gasteiger partial charge in [-0.05, 0) is 93.4 Å². The van der Waals surface area contributed by atoms with Crippen molar-refractivity contribution in [2.75, 3.05) is 0 Å². The highest BCUT2D eigenvalue weighted by molar-refractivity contribution is 4.84. The van der Waals surface area contributed by atoms with Gasteiger partial charge in [0.1, 0.15) is 5.60 Å². The quantitative estimate of drug-likeness (QED) is 0.330. The van der Waals surface area contributed by atoms with Crippen LogP contribution in [0.15, 0.2) is 0 Å². The number of rotatable bonds is 10. The third-order valence-corrected chi connectivity index (χ3v) is 4.09. The van der Waals surface area contributed by atoms with Crippen molar-refractivity contribution < 1.29 is 19.6 Å². The van der Waals surface area contributed by atoms with Gasteiger partial charge in [0.05, 0.1) is 16.8 Å². The molecular formula is C21H44O4. The van der Waals surface area contributed by atoms with Crippen molar-refractivity contribution in [3.63, 3.8) is 0 Å². The lowest BCUT2D eigenvalue weighted by Gasteiger charge is -2.39. The Labute approximate surface area is 156 Å². The summed E-state index contributed by atoms with van der Waals surface area (Å²) in [5.74, 6) is 0.982. The molecule has 0 aliphatic rings. The zero-order valence-corrected chi connectivity index (χ0v) is 18.9. The Morgan fingerprint density at radius 3 is 1.44 bits per heavy atom. The molecule has 2 atom stereocenters. The van der Waals surface area contributed by atoms with Crippen LogP contribution >= 0.6 is 0 Å². The second kappa shape index (κ2) is 9.16. The third-order valence-electron chi connectivity index (χ3n) is 4.09. The van der Waals surface area contributed by atoms with Gasteiger partial charge in [0.15, 0.2) is 0 Å². The fourth-order valence-electron chi connectivity index (χ4n) is 2.38. The topological polar surface area (TPSA) is 36.9 Å². The van der Waals surface area contributed by atoms with E-state index in [0.29, 0.717) is 11.8 Å². The minimum Gasteiger partial charge on any atom is -0.230 e. The first-order chi connectivity index (χ1) is 11.0. The van der Waals surface area contributed by atoms with E-state index in [0.717, 1.165) is 19.3 Å². The van der Waals surface area contributed by atoms with Crippen molar-refractivity contribution >= 4 is 0 Å². The minimum atomic E-state index is -0.392. The van der Waals surface area contributed by atoms with Crippen molar-refractivity contribution in [3.8, 4) is 0 Å². The maximum Gasteiger partial charge on any atom is 0.103 e. The Morgan fingerprint density at radius 2 is 1.04 bits per heavy atom. The van der Waals surface area contributed by atoms with E-state index in [1.165, 1.54) is 0 Å². The first-order valence-electron chi connectivity index (χ1n) is 9.69. The van der Waals surface area contributed by atoms with Crippen molar-refractivity contribution in [1.29, 1.82) is 0 Å². The largest absolute Gasteiger partial charge is 0.230 e. The maximum atomic E-state index is 6.00. The van der Waals surface area contributed by atoms with Crippen molar-refractivity contribution in [2.24, 2.45) is 11.8 Å². The summed E-state index contributed by atoms with van der Waals surface area (Å²) in [6, 6.07) is 0. The zero-order chi connectivity index (χ0) is 20.1. The Bertz CT molecular complexity index is 376. The van der Waals surface area contributed by atoms with Gasteiger partial charge in [-0.1, -0.05) is 20.8 Å². The molecule has 0 rings (SSSR count). The molecule has 0 saturated heterocycles. The summed E-state index contributed by atoms with van der Waals surface area (Å²) < 4.78 is 0. The smallest absolute Gasteiger partial charge is 0.103 e. The predicted octanol–water partition coefficient (Wildman–Crippen LogP) is 6.48. The van der Waals surface area contributed by atoms with Crippen LogP contribution in [0, 0.1) is 11.8 Å². The lowest BCUT2D eigenvalue weighted by Crippen LogP contribution is -2.42. The summed E-state index contributed by atoms with van der Waals surface area (Å²) in [4.78, 5) is 22.9. The molecular weight excluding hydrogens is 316 g/mol. The number of hydrogen-bond donors (Lipinski definition) is 0. The van der Waals surface area contributed by atoms with Crippen LogP contribution in [-0.4, -0.2) is 22.4 Å². The fourth-order valence-corrected chi connectivity index (χ4v) is 2.38. The molecule has 0 radical (unpaired) electrons. The van der Waals surface area contributed by atoms with Crippen LogP contribution in [0.4, 0.5) is 0 Å². The first kappa shape index (κ1) is 24.8. The Morgan fingerprint density at radius 1 is 0.600 bits per heavy atom. The van der Waals surface area contributed by atoms with Crippen LogP contribution in [0.3, 0.4) is 0 Å². The lowest BCUT2D eigenvalue weighted by molar-refractivity contribution is -0.418. The molecule has 0 aliphatic carbocycles. The summed E-state index contributed by atoms with van der Waals surface area (Å²) in [5, 5.41) is 0. The summed E-state index contributed by atoms with van der Waals surface area (Å²) in [5.41, 5.74) is -1.42. The van der Waals surface area contributed by atoms with Gasteiger partial charge in [0, 0.05) is 0 Å². The molecule has 152 valence electrons. The van der Waals surface area contributed by atoms with E-state index >= 15 is 0 Å². The van der Waals surface area contributed by atoms with Crippen LogP contribution in [0.1, 0.15) is 102 Å². The molecule has 0 aromatic carbocycles. The van der Waals surface area contributed by atoms with Gasteiger partial charge in [0.25, 0.3) is 0 Å². The second-order valence-electron chi connectivity index (χ2n) is 10.7. The Hall–Kier alpha value is -0.160. The van der Waals surface area contributed by atoms with E-state index in [9.17, 15) is 0 Å². The van der Waals surface area contributed by atoms with E-state index in [2.05, 4.69) is 41.5 Å². The SMILES string of the molecule is CC(C)CC(C)C(C)(CCC(C)(C)OOC(C)(C)C)OOC(C)(C)C. The van der Waals surface area contributed by atoms with Gasteiger partial charge in [0.2, 0.25) is 0 Å². The molecule has 4 heteroatoms. The van der Waals surface area contributed by atoms with E-state index in [4.69, 9.17) is 19.6 Å². The average Bonchev–Trinajstić information content (AvgIpc) is 2.39. The van der Waals surface area contributed by atoms with Crippen molar-refractivity contribution in [1.82, 2.24) is 0 Å². The zero-order valence-electron chi connectivity index (χ0n) is 18.9. The van der Waals surface area contributed by atoms with E-state index in [-0.39, 0.29) is 16.8 Å². The fraction of sp³-hybridized carbons (Fsp3) is 1.00. The molecule has 0 spiro atoms. The van der Waals surface area contributed by atoms with E-state index < -0.39 is 5.60 Å². The Kier molecular flexibility index (Phi) is 9.10. The average molecular weight is 361 g/mol. The molecule has 0 N–H and O–H groups in total. The molecule has 0 aromatic heterocycles. The van der Waals surface area contributed by atoms with Gasteiger partial charge in [-0.3, -0.25) is 0 Å².